The van der Waals surface area contributed by atoms with Crippen molar-refractivity contribution < 1.29 is 76.3 Å². The van der Waals surface area contributed by atoms with E-state index in [4.69, 9.17) is 9.79 Å². The maximum absolute atomic E-state index is 11.0. The van der Waals surface area contributed by atoms with Gasteiger partial charge in [0.25, 0.3) is 0 Å². The molecule has 0 aliphatic heterocycles. The Kier molecular flexibility index (Phi) is 8.77. The maximum Gasteiger partial charge on any atom is 1.00 e. The Labute approximate surface area is 139 Å². The van der Waals surface area contributed by atoms with Crippen molar-refractivity contribution >= 4 is 16.3 Å². The van der Waals surface area contributed by atoms with Gasteiger partial charge in [0.1, 0.15) is 0 Å². The zero-order valence-corrected chi connectivity index (χ0v) is 13.8. The molecule has 0 aromatic heterocycles. The van der Waals surface area contributed by atoms with Crippen LogP contribution >= 0.6 is 16.3 Å². The first kappa shape index (κ1) is 17.1. The summed E-state index contributed by atoms with van der Waals surface area (Å²) in [6.45, 7) is 0. The van der Waals surface area contributed by atoms with Crippen LogP contribution in [0.2, 0.25) is 0 Å². The predicted octanol–water partition coefficient (Wildman–Crippen LogP) is -1.20. The molecule has 0 aliphatic carbocycles. The minimum atomic E-state index is -4.37. The molecule has 84 valence electrons. The second-order valence-electron chi connectivity index (χ2n) is 2.93. The van der Waals surface area contributed by atoms with E-state index in [1.807, 2.05) is 0 Å². The van der Waals surface area contributed by atoms with Crippen molar-refractivity contribution in [3.63, 3.8) is 0 Å². The molecular weight excluding hydrogens is 277 g/mol. The van der Waals surface area contributed by atoms with Gasteiger partial charge in [-0.3, -0.25) is 4.57 Å². The molecule has 0 heterocycles. The molecule has 0 saturated heterocycles. The maximum atomic E-state index is 11.0. The summed E-state index contributed by atoms with van der Waals surface area (Å²) in [5, 5.41) is 0. The Morgan fingerprint density at radius 3 is 2.38 bits per heavy atom. The first-order valence-corrected chi connectivity index (χ1v) is 6.66. The molecule has 2 atom stereocenters. The molecular formula is C8H12KO5P2+. The van der Waals surface area contributed by atoms with Crippen LogP contribution < -0.4 is 51.4 Å². The van der Waals surface area contributed by atoms with Crippen LogP contribution in [0.25, 0.3) is 0 Å². The van der Waals surface area contributed by atoms with Crippen LogP contribution in [-0.2, 0) is 20.1 Å². The first-order chi connectivity index (χ1) is 7.04. The van der Waals surface area contributed by atoms with Crippen LogP contribution in [0.15, 0.2) is 30.3 Å². The smallest absolute Gasteiger partial charge is 1.00 e. The number of rotatable bonds is 5. The van der Waals surface area contributed by atoms with Crippen LogP contribution in [0.4, 0.5) is 0 Å². The summed E-state index contributed by atoms with van der Waals surface area (Å²) in [7, 11) is -5.55. The van der Waals surface area contributed by atoms with Gasteiger partial charge in [-0.1, -0.05) is 30.3 Å². The second-order valence-corrected chi connectivity index (χ2v) is 5.09. The summed E-state index contributed by atoms with van der Waals surface area (Å²) < 4.78 is 25.7. The van der Waals surface area contributed by atoms with Gasteiger partial charge in [-0.15, -0.1) is 4.52 Å². The third-order valence-corrected chi connectivity index (χ3v) is 3.43. The van der Waals surface area contributed by atoms with Crippen LogP contribution in [0, 0.1) is 0 Å². The van der Waals surface area contributed by atoms with Crippen molar-refractivity contribution in [3.05, 3.63) is 35.9 Å². The average molecular weight is 289 g/mol. The van der Waals surface area contributed by atoms with Crippen molar-refractivity contribution in [2.75, 3.05) is 0 Å². The van der Waals surface area contributed by atoms with Crippen LogP contribution in [0.5, 0.6) is 0 Å². The van der Waals surface area contributed by atoms with E-state index in [0.29, 0.717) is 0 Å². The van der Waals surface area contributed by atoms with Crippen molar-refractivity contribution in [2.24, 2.45) is 0 Å². The van der Waals surface area contributed by atoms with Crippen LogP contribution in [0.1, 0.15) is 6.99 Å². The largest absolute Gasteiger partial charge is 1.00 e. The summed E-state index contributed by atoms with van der Waals surface area (Å²) in [6.07, 6.45) is 0.0420. The van der Waals surface area contributed by atoms with E-state index in [2.05, 4.69) is 4.52 Å². The number of hydrogen-bond donors (Lipinski definition) is 2. The van der Waals surface area contributed by atoms with Gasteiger partial charge in [0.15, 0.2) is 0 Å². The van der Waals surface area contributed by atoms with E-state index in [0.717, 1.165) is 5.56 Å². The molecule has 2 N–H and O–H groups in total. The Balaban J connectivity index is 0. The molecule has 0 fully saturated rings. The topological polar surface area (TPSA) is 83.8 Å². The van der Waals surface area contributed by atoms with Gasteiger partial charge >= 0.3 is 67.7 Å². The fourth-order valence-electron chi connectivity index (χ4n) is 1.10. The molecule has 0 saturated carbocycles. The van der Waals surface area contributed by atoms with Gasteiger partial charge in [0, 0.05) is 6.42 Å². The van der Waals surface area contributed by atoms with E-state index >= 15 is 0 Å². The van der Waals surface area contributed by atoms with Crippen molar-refractivity contribution in [1.82, 2.24) is 0 Å². The molecule has 0 amide bonds. The summed E-state index contributed by atoms with van der Waals surface area (Å²) >= 11 is 0. The predicted molar refractivity (Wildman–Crippen MR) is 57.2 cm³/mol. The van der Waals surface area contributed by atoms with E-state index in [-0.39, 0.29) is 59.2 Å². The summed E-state index contributed by atoms with van der Waals surface area (Å²) in [5.74, 6) is -1.34. The molecule has 1 aromatic carbocycles. The minimum absolute atomic E-state index is 0. The van der Waals surface area contributed by atoms with Gasteiger partial charge < -0.3 is 11.2 Å². The molecule has 5 nitrogen and oxygen atoms in total. The molecule has 8 heteroatoms. The van der Waals surface area contributed by atoms with Gasteiger partial charge in [0.05, 0.1) is 0 Å². The van der Waals surface area contributed by atoms with E-state index < -0.39 is 22.1 Å². The second kappa shape index (κ2) is 8.22. The quantitative estimate of drug-likeness (QED) is 0.526. The molecule has 1 aromatic rings. The molecule has 2 unspecified atom stereocenters. The SMILES string of the molecule is O=[PH+]OC(Cc1ccccc1)P(=O)(O)O.[H-].[K+]. The molecule has 0 spiro atoms. The fraction of sp³-hybridized carbons (Fsp3) is 0.250. The normalized spacial score (nSPS) is 13.1. The molecule has 0 aliphatic rings. The van der Waals surface area contributed by atoms with Crippen molar-refractivity contribution in [3.8, 4) is 0 Å². The zero-order chi connectivity index (χ0) is 11.3. The van der Waals surface area contributed by atoms with Crippen LogP contribution in [0.3, 0.4) is 0 Å². The molecule has 0 radical (unpaired) electrons. The number of hydrogen-bond acceptors (Lipinski definition) is 3. The first-order valence-electron chi connectivity index (χ1n) is 4.16. The van der Waals surface area contributed by atoms with Gasteiger partial charge in [-0.05, 0) is 10.1 Å². The summed E-state index contributed by atoms with van der Waals surface area (Å²) in [5.41, 5.74) is 0.726. The Morgan fingerprint density at radius 2 is 1.94 bits per heavy atom. The minimum Gasteiger partial charge on any atom is -1.00 e. The Hall–Kier alpha value is 1.07. The monoisotopic (exact) mass is 289 g/mol. The van der Waals surface area contributed by atoms with Crippen molar-refractivity contribution in [1.29, 1.82) is 0 Å². The number of benzene rings is 1. The molecule has 1 rings (SSSR count). The molecule has 0 bridgehead atoms. The van der Waals surface area contributed by atoms with Gasteiger partial charge in [-0.25, -0.2) is 0 Å². The summed E-state index contributed by atoms with van der Waals surface area (Å²) in [4.78, 5) is 17.8. The zero-order valence-electron chi connectivity index (χ0n) is 9.74. The Bertz CT molecular complexity index is 371. The third kappa shape index (κ3) is 6.12. The van der Waals surface area contributed by atoms with E-state index in [1.54, 1.807) is 30.3 Å². The summed E-state index contributed by atoms with van der Waals surface area (Å²) in [6, 6.07) is 8.75. The molecule has 16 heavy (non-hydrogen) atoms. The van der Waals surface area contributed by atoms with Gasteiger partial charge in [-0.2, -0.15) is 0 Å². The average Bonchev–Trinajstić information content (AvgIpc) is 2.17. The van der Waals surface area contributed by atoms with Crippen molar-refractivity contribution in [2.45, 2.75) is 12.3 Å². The van der Waals surface area contributed by atoms with E-state index in [1.165, 1.54) is 0 Å². The van der Waals surface area contributed by atoms with Crippen LogP contribution in [-0.4, -0.2) is 15.6 Å². The van der Waals surface area contributed by atoms with Gasteiger partial charge in [0.2, 0.25) is 5.85 Å². The fourth-order valence-corrected chi connectivity index (χ4v) is 2.42. The van der Waals surface area contributed by atoms with E-state index in [9.17, 15) is 9.13 Å². The standard InChI is InChI=1S/C8H10O5P2.K.H/c9-14-13-8(15(10,11)12)6-7-4-2-1-3-5-7;;/h1-5,8,14H,6H2,(H-,10,11,12);;/q;+1;-1/p+1. The Morgan fingerprint density at radius 1 is 1.38 bits per heavy atom. The third-order valence-electron chi connectivity index (χ3n) is 1.81.